The number of aromatic nitrogens is 1. The summed E-state index contributed by atoms with van der Waals surface area (Å²) in [5.74, 6) is 0. The largest absolute Gasteiger partial charge is 0.431 e. The Labute approximate surface area is 113 Å². The Morgan fingerprint density at radius 1 is 1.05 bits per heavy atom. The van der Waals surface area contributed by atoms with Gasteiger partial charge in [0.1, 0.15) is 5.69 Å². The fraction of sp³-hybridized carbons (Fsp3) is 0.214. The van der Waals surface area contributed by atoms with Crippen LogP contribution >= 0.6 is 0 Å². The summed E-state index contributed by atoms with van der Waals surface area (Å²) in [4.78, 5) is 11.7. The molecule has 0 aliphatic carbocycles. The standard InChI is InChI=1S/C14H13F3N2O/c15-14(16,17)12-5-2-6-13(20)19(12)9-11-4-1-3-10(7-11)8-18/h1-7H,8-9,18H2. The smallest absolute Gasteiger partial charge is 0.326 e. The third-order valence-electron chi connectivity index (χ3n) is 2.91. The van der Waals surface area contributed by atoms with Crippen LogP contribution in [0.25, 0.3) is 0 Å². The maximum Gasteiger partial charge on any atom is 0.431 e. The van der Waals surface area contributed by atoms with Crippen molar-refractivity contribution in [3.8, 4) is 0 Å². The number of benzene rings is 1. The van der Waals surface area contributed by atoms with Crippen molar-refractivity contribution in [3.63, 3.8) is 0 Å². The van der Waals surface area contributed by atoms with Gasteiger partial charge in [-0.05, 0) is 17.2 Å². The molecule has 2 N–H and O–H groups in total. The Morgan fingerprint density at radius 3 is 2.35 bits per heavy atom. The van der Waals surface area contributed by atoms with E-state index in [1.807, 2.05) is 0 Å². The van der Waals surface area contributed by atoms with Gasteiger partial charge < -0.3 is 5.73 Å². The molecule has 0 aliphatic rings. The molecule has 0 aliphatic heterocycles. The van der Waals surface area contributed by atoms with E-state index in [0.717, 1.165) is 28.3 Å². The normalized spacial score (nSPS) is 11.6. The second-order valence-electron chi connectivity index (χ2n) is 4.36. The summed E-state index contributed by atoms with van der Waals surface area (Å²) in [6.45, 7) is 0.159. The summed E-state index contributed by atoms with van der Waals surface area (Å²) in [5, 5.41) is 0. The SMILES string of the molecule is NCc1cccc(Cn2c(C(F)(F)F)cccc2=O)c1. The number of alkyl halides is 3. The van der Waals surface area contributed by atoms with Crippen LogP contribution in [-0.4, -0.2) is 4.57 Å². The lowest BCUT2D eigenvalue weighted by molar-refractivity contribution is -0.144. The van der Waals surface area contributed by atoms with Gasteiger partial charge in [0.05, 0.1) is 6.54 Å². The molecule has 2 rings (SSSR count). The van der Waals surface area contributed by atoms with Crippen LogP contribution in [0.2, 0.25) is 0 Å². The summed E-state index contributed by atoms with van der Waals surface area (Å²) in [5.41, 5.74) is 5.26. The summed E-state index contributed by atoms with van der Waals surface area (Å²) >= 11 is 0. The molecular formula is C14H13F3N2O. The molecule has 106 valence electrons. The molecule has 0 saturated carbocycles. The van der Waals surface area contributed by atoms with E-state index in [2.05, 4.69) is 0 Å². The lowest BCUT2D eigenvalue weighted by atomic mass is 10.1. The van der Waals surface area contributed by atoms with Gasteiger partial charge in [-0.15, -0.1) is 0 Å². The van der Waals surface area contributed by atoms with Crippen LogP contribution in [0.15, 0.2) is 47.3 Å². The number of nitrogens with zero attached hydrogens (tertiary/aromatic N) is 1. The molecule has 0 radical (unpaired) electrons. The van der Waals surface area contributed by atoms with Gasteiger partial charge in [0.25, 0.3) is 5.56 Å². The second kappa shape index (κ2) is 5.50. The zero-order valence-corrected chi connectivity index (χ0v) is 10.5. The third kappa shape index (κ3) is 3.08. The molecule has 6 heteroatoms. The highest BCUT2D eigenvalue weighted by molar-refractivity contribution is 5.24. The van der Waals surface area contributed by atoms with Crippen molar-refractivity contribution in [1.82, 2.24) is 4.57 Å². The first-order chi connectivity index (χ1) is 9.41. The molecular weight excluding hydrogens is 269 g/mol. The number of hydrogen-bond acceptors (Lipinski definition) is 2. The van der Waals surface area contributed by atoms with Crippen LogP contribution in [0.4, 0.5) is 13.2 Å². The highest BCUT2D eigenvalue weighted by Gasteiger charge is 2.34. The lowest BCUT2D eigenvalue weighted by Crippen LogP contribution is -2.27. The van der Waals surface area contributed by atoms with Crippen molar-refractivity contribution in [1.29, 1.82) is 0 Å². The van der Waals surface area contributed by atoms with E-state index in [0.29, 0.717) is 12.1 Å². The number of rotatable bonds is 3. The van der Waals surface area contributed by atoms with Gasteiger partial charge in [-0.3, -0.25) is 9.36 Å². The minimum atomic E-state index is -4.56. The molecule has 1 aromatic carbocycles. The molecule has 0 spiro atoms. The molecule has 3 nitrogen and oxygen atoms in total. The minimum absolute atomic E-state index is 0.137. The van der Waals surface area contributed by atoms with Crippen LogP contribution < -0.4 is 11.3 Å². The Hall–Kier alpha value is -2.08. The summed E-state index contributed by atoms with van der Waals surface area (Å²) in [7, 11) is 0. The Bertz CT molecular complexity index is 662. The van der Waals surface area contributed by atoms with Crippen molar-refractivity contribution < 1.29 is 13.2 Å². The number of halogens is 3. The summed E-state index contributed by atoms with van der Waals surface area (Å²) in [6, 6.07) is 9.97. The van der Waals surface area contributed by atoms with Crippen LogP contribution in [-0.2, 0) is 19.3 Å². The average molecular weight is 282 g/mol. The van der Waals surface area contributed by atoms with E-state index in [1.165, 1.54) is 0 Å². The van der Waals surface area contributed by atoms with Crippen molar-refractivity contribution in [3.05, 3.63) is 69.6 Å². The van der Waals surface area contributed by atoms with Gasteiger partial charge in [0, 0.05) is 12.6 Å². The van der Waals surface area contributed by atoms with Crippen molar-refractivity contribution in [2.75, 3.05) is 0 Å². The minimum Gasteiger partial charge on any atom is -0.326 e. The van der Waals surface area contributed by atoms with Crippen LogP contribution in [0.5, 0.6) is 0 Å². The number of hydrogen-bond donors (Lipinski definition) is 1. The van der Waals surface area contributed by atoms with E-state index >= 15 is 0 Å². The predicted molar refractivity (Wildman–Crippen MR) is 69.1 cm³/mol. The highest BCUT2D eigenvalue weighted by Crippen LogP contribution is 2.28. The maximum atomic E-state index is 12.9. The molecule has 0 atom stereocenters. The van der Waals surface area contributed by atoms with Gasteiger partial charge in [0.2, 0.25) is 0 Å². The molecule has 0 unspecified atom stereocenters. The number of pyridine rings is 1. The van der Waals surface area contributed by atoms with Gasteiger partial charge in [-0.1, -0.05) is 30.3 Å². The first kappa shape index (κ1) is 14.3. The molecule has 0 amide bonds. The van der Waals surface area contributed by atoms with Crippen LogP contribution in [0.3, 0.4) is 0 Å². The molecule has 20 heavy (non-hydrogen) atoms. The predicted octanol–water partition coefficient (Wildman–Crippen LogP) is 2.37. The van der Waals surface area contributed by atoms with Crippen molar-refractivity contribution in [2.24, 2.45) is 5.73 Å². The fourth-order valence-corrected chi connectivity index (χ4v) is 1.97. The monoisotopic (exact) mass is 282 g/mol. The molecule has 0 fully saturated rings. The van der Waals surface area contributed by atoms with Gasteiger partial charge in [-0.2, -0.15) is 13.2 Å². The highest BCUT2D eigenvalue weighted by atomic mass is 19.4. The summed E-state index contributed by atoms with van der Waals surface area (Å²) in [6.07, 6.45) is -4.56. The summed E-state index contributed by atoms with van der Waals surface area (Å²) < 4.78 is 39.4. The molecule has 0 bridgehead atoms. The van der Waals surface area contributed by atoms with E-state index in [1.54, 1.807) is 24.3 Å². The average Bonchev–Trinajstić information content (AvgIpc) is 2.40. The molecule has 0 saturated heterocycles. The van der Waals surface area contributed by atoms with Crippen molar-refractivity contribution >= 4 is 0 Å². The van der Waals surface area contributed by atoms with Crippen molar-refractivity contribution in [2.45, 2.75) is 19.3 Å². The van der Waals surface area contributed by atoms with E-state index in [-0.39, 0.29) is 6.54 Å². The first-order valence-corrected chi connectivity index (χ1v) is 5.97. The first-order valence-electron chi connectivity index (χ1n) is 5.97. The Morgan fingerprint density at radius 2 is 1.70 bits per heavy atom. The Kier molecular flexibility index (Phi) is 3.94. The van der Waals surface area contributed by atoms with Crippen LogP contribution in [0, 0.1) is 0 Å². The van der Waals surface area contributed by atoms with E-state index in [9.17, 15) is 18.0 Å². The Balaban J connectivity index is 2.45. The zero-order chi connectivity index (χ0) is 14.8. The van der Waals surface area contributed by atoms with E-state index < -0.39 is 17.4 Å². The van der Waals surface area contributed by atoms with Crippen LogP contribution in [0.1, 0.15) is 16.8 Å². The quantitative estimate of drug-likeness (QED) is 0.939. The third-order valence-corrected chi connectivity index (χ3v) is 2.91. The second-order valence-corrected chi connectivity index (χ2v) is 4.36. The molecule has 2 aromatic rings. The van der Waals surface area contributed by atoms with Gasteiger partial charge in [0.15, 0.2) is 0 Å². The zero-order valence-electron chi connectivity index (χ0n) is 10.5. The fourth-order valence-electron chi connectivity index (χ4n) is 1.97. The lowest BCUT2D eigenvalue weighted by Gasteiger charge is -2.15. The topological polar surface area (TPSA) is 48.0 Å². The number of nitrogens with two attached hydrogens (primary N) is 1. The van der Waals surface area contributed by atoms with Gasteiger partial charge in [-0.25, -0.2) is 0 Å². The maximum absolute atomic E-state index is 12.9. The van der Waals surface area contributed by atoms with Gasteiger partial charge >= 0.3 is 6.18 Å². The molecule has 1 aromatic heterocycles. The molecule has 1 heterocycles. The van der Waals surface area contributed by atoms with E-state index in [4.69, 9.17) is 5.73 Å².